The van der Waals surface area contributed by atoms with Crippen LogP contribution in [0.5, 0.6) is 5.75 Å². The Hall–Kier alpha value is -2.47. The van der Waals surface area contributed by atoms with Gasteiger partial charge in [-0.25, -0.2) is 0 Å². The summed E-state index contributed by atoms with van der Waals surface area (Å²) in [6.45, 7) is 0. The Morgan fingerprint density at radius 3 is 2.35 bits per heavy atom. The van der Waals surface area contributed by atoms with E-state index in [9.17, 15) is 13.2 Å². The monoisotopic (exact) mass is 321 g/mol. The predicted molar refractivity (Wildman–Crippen MR) is 80.6 cm³/mol. The van der Waals surface area contributed by atoms with Gasteiger partial charge in [0.25, 0.3) is 0 Å². The molecular weight excluding hydrogens is 307 g/mol. The van der Waals surface area contributed by atoms with Crippen molar-refractivity contribution in [2.45, 2.75) is 12.5 Å². The summed E-state index contributed by atoms with van der Waals surface area (Å²) < 4.78 is 46.0. The fraction of sp³-hybridized carbons (Fsp3) is 0.176. The highest BCUT2D eigenvalue weighted by Gasteiger charge is 2.31. The van der Waals surface area contributed by atoms with Gasteiger partial charge in [-0.2, -0.15) is 0 Å². The second kappa shape index (κ2) is 5.96. The molecule has 0 bridgehead atoms. The molecule has 6 heteroatoms. The molecule has 1 atom stereocenters. The number of benzene rings is 2. The molecule has 120 valence electrons. The van der Waals surface area contributed by atoms with Gasteiger partial charge in [0.2, 0.25) is 0 Å². The summed E-state index contributed by atoms with van der Waals surface area (Å²) in [7, 11) is 1.63. The lowest BCUT2D eigenvalue weighted by Gasteiger charge is -2.30. The molecule has 1 unspecified atom stereocenters. The lowest BCUT2D eigenvalue weighted by molar-refractivity contribution is -0.274. The number of ether oxygens (including phenoxy) is 2. The van der Waals surface area contributed by atoms with Gasteiger partial charge in [-0.3, -0.25) is 0 Å². The molecule has 3 rings (SSSR count). The van der Waals surface area contributed by atoms with Crippen molar-refractivity contribution in [3.8, 4) is 5.75 Å². The second-order valence-electron chi connectivity index (χ2n) is 4.97. The summed E-state index contributed by atoms with van der Waals surface area (Å²) in [6.07, 6.45) is -1.10. The predicted octanol–water partition coefficient (Wildman–Crippen LogP) is 4.94. The molecule has 2 aromatic carbocycles. The molecule has 0 amide bonds. The average Bonchev–Trinajstić information content (AvgIpc) is 2.53. The molecule has 0 aliphatic carbocycles. The molecule has 23 heavy (non-hydrogen) atoms. The molecule has 1 aliphatic heterocycles. The zero-order valence-electron chi connectivity index (χ0n) is 12.2. The largest absolute Gasteiger partial charge is 0.573 e. The van der Waals surface area contributed by atoms with Gasteiger partial charge in [0.05, 0.1) is 5.69 Å². The minimum Gasteiger partial charge on any atom is -0.406 e. The third-order valence-electron chi connectivity index (χ3n) is 3.52. The van der Waals surface area contributed by atoms with Crippen LogP contribution in [0.2, 0.25) is 0 Å². The van der Waals surface area contributed by atoms with Gasteiger partial charge in [0.1, 0.15) is 11.9 Å². The van der Waals surface area contributed by atoms with Crippen molar-refractivity contribution in [3.05, 3.63) is 66.4 Å². The Bertz CT molecular complexity index is 711. The van der Waals surface area contributed by atoms with E-state index in [2.05, 4.69) is 4.74 Å². The SMILES string of the molecule is COC1C=CN(c2ccc(OC(F)(F)F)cc2)c2ccccc21. The van der Waals surface area contributed by atoms with Crippen LogP contribution in [0.4, 0.5) is 24.5 Å². The van der Waals surface area contributed by atoms with Crippen LogP contribution in [-0.2, 0) is 4.74 Å². The Labute approximate surface area is 131 Å². The van der Waals surface area contributed by atoms with Gasteiger partial charge in [0.15, 0.2) is 0 Å². The molecule has 3 nitrogen and oxygen atoms in total. The van der Waals surface area contributed by atoms with E-state index in [0.29, 0.717) is 0 Å². The Morgan fingerprint density at radius 1 is 1.00 bits per heavy atom. The van der Waals surface area contributed by atoms with Crippen molar-refractivity contribution in [3.63, 3.8) is 0 Å². The lowest BCUT2D eigenvalue weighted by Crippen LogP contribution is -2.18. The average molecular weight is 321 g/mol. The summed E-state index contributed by atoms with van der Waals surface area (Å²) in [5, 5.41) is 0. The summed E-state index contributed by atoms with van der Waals surface area (Å²) >= 11 is 0. The van der Waals surface area contributed by atoms with Gasteiger partial charge >= 0.3 is 6.36 Å². The zero-order chi connectivity index (χ0) is 16.4. The molecule has 2 aromatic rings. The minimum absolute atomic E-state index is 0.143. The van der Waals surface area contributed by atoms with Crippen LogP contribution >= 0.6 is 0 Å². The summed E-state index contributed by atoms with van der Waals surface area (Å²) in [5.74, 6) is -0.245. The summed E-state index contributed by atoms with van der Waals surface area (Å²) in [4.78, 5) is 1.89. The van der Waals surface area contributed by atoms with Crippen LogP contribution < -0.4 is 9.64 Å². The maximum Gasteiger partial charge on any atom is 0.573 e. The second-order valence-corrected chi connectivity index (χ2v) is 4.97. The Kier molecular flexibility index (Phi) is 4.00. The lowest BCUT2D eigenvalue weighted by atomic mass is 10.0. The van der Waals surface area contributed by atoms with E-state index in [1.807, 2.05) is 41.4 Å². The van der Waals surface area contributed by atoms with Gasteiger partial charge in [-0.15, -0.1) is 13.2 Å². The van der Waals surface area contributed by atoms with E-state index in [-0.39, 0.29) is 11.9 Å². The first kappa shape index (κ1) is 15.4. The molecule has 0 radical (unpaired) electrons. The van der Waals surface area contributed by atoms with E-state index in [0.717, 1.165) is 16.9 Å². The molecule has 0 N–H and O–H groups in total. The number of anilines is 2. The van der Waals surface area contributed by atoms with Gasteiger partial charge in [-0.05, 0) is 36.4 Å². The van der Waals surface area contributed by atoms with Crippen LogP contribution in [0.25, 0.3) is 0 Å². The third-order valence-corrected chi connectivity index (χ3v) is 3.52. The molecule has 0 saturated carbocycles. The highest BCUT2D eigenvalue weighted by atomic mass is 19.4. The molecule has 0 saturated heterocycles. The molecular formula is C17H14F3NO2. The van der Waals surface area contributed by atoms with Crippen LogP contribution in [0.3, 0.4) is 0 Å². The van der Waals surface area contributed by atoms with Crippen LogP contribution in [0, 0.1) is 0 Å². The Morgan fingerprint density at radius 2 is 1.70 bits per heavy atom. The number of para-hydroxylation sites is 1. The van der Waals surface area contributed by atoms with Crippen molar-refractivity contribution in [2.24, 2.45) is 0 Å². The Balaban J connectivity index is 1.90. The molecule has 0 aromatic heterocycles. The third kappa shape index (κ3) is 3.32. The maximum atomic E-state index is 12.2. The first-order valence-corrected chi connectivity index (χ1v) is 6.93. The molecule has 1 heterocycles. The van der Waals surface area contributed by atoms with Crippen molar-refractivity contribution < 1.29 is 22.6 Å². The normalized spacial score (nSPS) is 17.0. The fourth-order valence-corrected chi connectivity index (χ4v) is 2.53. The summed E-state index contributed by atoms with van der Waals surface area (Å²) in [6, 6.07) is 13.5. The highest BCUT2D eigenvalue weighted by molar-refractivity contribution is 5.71. The van der Waals surface area contributed by atoms with E-state index in [1.165, 1.54) is 12.1 Å². The summed E-state index contributed by atoms with van der Waals surface area (Å²) in [5.41, 5.74) is 2.65. The quantitative estimate of drug-likeness (QED) is 0.799. The number of alkyl halides is 3. The molecule has 0 fully saturated rings. The fourth-order valence-electron chi connectivity index (χ4n) is 2.53. The maximum absolute atomic E-state index is 12.2. The number of hydrogen-bond donors (Lipinski definition) is 0. The van der Waals surface area contributed by atoms with Crippen molar-refractivity contribution >= 4 is 11.4 Å². The van der Waals surface area contributed by atoms with Crippen molar-refractivity contribution in [1.82, 2.24) is 0 Å². The van der Waals surface area contributed by atoms with E-state index < -0.39 is 6.36 Å². The minimum atomic E-state index is -4.69. The first-order valence-electron chi connectivity index (χ1n) is 6.93. The van der Waals surface area contributed by atoms with Gasteiger partial charge < -0.3 is 14.4 Å². The van der Waals surface area contributed by atoms with E-state index >= 15 is 0 Å². The van der Waals surface area contributed by atoms with Gasteiger partial charge in [0, 0.05) is 24.6 Å². The van der Waals surface area contributed by atoms with Gasteiger partial charge in [-0.1, -0.05) is 18.2 Å². The number of hydrogen-bond acceptors (Lipinski definition) is 3. The topological polar surface area (TPSA) is 21.7 Å². The highest BCUT2D eigenvalue weighted by Crippen LogP contribution is 2.38. The standard InChI is InChI=1S/C17H14F3NO2/c1-22-16-10-11-21(15-5-3-2-4-14(15)16)12-6-8-13(9-7-12)23-17(18,19)20/h2-11,16H,1H3. The zero-order valence-corrected chi connectivity index (χ0v) is 12.2. The van der Waals surface area contributed by atoms with Crippen LogP contribution in [0.15, 0.2) is 60.8 Å². The number of halogens is 3. The number of fused-ring (bicyclic) bond motifs is 1. The van der Waals surface area contributed by atoms with Crippen LogP contribution in [0.1, 0.15) is 11.7 Å². The van der Waals surface area contributed by atoms with Crippen molar-refractivity contribution in [1.29, 1.82) is 0 Å². The molecule has 1 aliphatic rings. The van der Waals surface area contributed by atoms with Crippen LogP contribution in [-0.4, -0.2) is 13.5 Å². The molecule has 0 spiro atoms. The van der Waals surface area contributed by atoms with E-state index in [1.54, 1.807) is 19.2 Å². The number of methoxy groups -OCH3 is 1. The first-order chi connectivity index (χ1) is 11.0. The van der Waals surface area contributed by atoms with E-state index in [4.69, 9.17) is 4.74 Å². The number of rotatable bonds is 3. The smallest absolute Gasteiger partial charge is 0.406 e. The van der Waals surface area contributed by atoms with Crippen molar-refractivity contribution in [2.75, 3.05) is 12.0 Å². The number of nitrogens with zero attached hydrogens (tertiary/aromatic N) is 1.